The fourth-order valence-electron chi connectivity index (χ4n) is 3.82. The second-order valence-electron chi connectivity index (χ2n) is 8.49. The molecule has 6 heteroatoms. The summed E-state index contributed by atoms with van der Waals surface area (Å²) >= 11 is 0. The Morgan fingerprint density at radius 3 is 2.42 bits per heavy atom. The Kier molecular flexibility index (Phi) is 6.63. The van der Waals surface area contributed by atoms with Crippen LogP contribution in [0, 0.1) is 5.92 Å². The molecule has 1 amide bonds. The Hall–Kier alpha value is -3.80. The van der Waals surface area contributed by atoms with Crippen molar-refractivity contribution in [1.29, 1.82) is 0 Å². The number of fused-ring (bicyclic) bond motifs is 1. The van der Waals surface area contributed by atoms with Gasteiger partial charge in [-0.3, -0.25) is 4.79 Å². The van der Waals surface area contributed by atoms with Gasteiger partial charge in [0, 0.05) is 24.6 Å². The van der Waals surface area contributed by atoms with Gasteiger partial charge < -0.3 is 19.5 Å². The number of rotatable bonds is 8. The Morgan fingerprint density at radius 1 is 1.03 bits per heavy atom. The van der Waals surface area contributed by atoms with E-state index in [0.717, 1.165) is 23.3 Å². The molecule has 6 nitrogen and oxygen atoms in total. The van der Waals surface area contributed by atoms with Gasteiger partial charge in [0.15, 0.2) is 0 Å². The zero-order valence-corrected chi connectivity index (χ0v) is 18.8. The minimum atomic E-state index is -0.968. The number of amides is 1. The summed E-state index contributed by atoms with van der Waals surface area (Å²) in [6, 6.07) is 19.7. The number of carbonyl (C=O) groups excluding carboxylic acids is 1. The highest BCUT2D eigenvalue weighted by atomic mass is 16.5. The van der Waals surface area contributed by atoms with E-state index in [1.54, 1.807) is 29.2 Å². The van der Waals surface area contributed by atoms with E-state index in [2.05, 4.69) is 13.8 Å². The van der Waals surface area contributed by atoms with Crippen LogP contribution in [0.4, 0.5) is 5.69 Å². The van der Waals surface area contributed by atoms with Gasteiger partial charge in [-0.25, -0.2) is 4.79 Å². The molecule has 0 aliphatic carbocycles. The molecule has 1 N–H and O–H groups in total. The molecule has 0 aromatic heterocycles. The molecule has 1 heterocycles. The van der Waals surface area contributed by atoms with E-state index >= 15 is 0 Å². The van der Waals surface area contributed by atoms with Gasteiger partial charge in [0.05, 0.1) is 17.9 Å². The van der Waals surface area contributed by atoms with E-state index < -0.39 is 5.97 Å². The molecule has 0 saturated heterocycles. The highest BCUT2D eigenvalue weighted by Gasteiger charge is 2.26. The van der Waals surface area contributed by atoms with Gasteiger partial charge in [-0.05, 0) is 47.4 Å². The van der Waals surface area contributed by atoms with Crippen molar-refractivity contribution in [3.63, 3.8) is 0 Å². The fraction of sp³-hybridized carbons (Fsp3) is 0.259. The Balaban J connectivity index is 1.67. The summed E-state index contributed by atoms with van der Waals surface area (Å²) in [4.78, 5) is 26.4. The smallest absolute Gasteiger partial charge is 0.335 e. The summed E-state index contributed by atoms with van der Waals surface area (Å²) in [6.07, 6.45) is 0.786. The lowest BCUT2D eigenvalue weighted by atomic mass is 10.1. The highest BCUT2D eigenvalue weighted by Crippen LogP contribution is 2.39. The molecule has 3 aromatic rings. The lowest BCUT2D eigenvalue weighted by Gasteiger charge is -2.27. The van der Waals surface area contributed by atoms with Crippen LogP contribution < -0.4 is 14.4 Å². The van der Waals surface area contributed by atoms with Crippen molar-refractivity contribution in [2.75, 3.05) is 18.1 Å². The molecule has 170 valence electrons. The standard InChI is InChI=1S/C27H27NO5/c1-18(2)16-28(26(29)20-6-4-3-5-7-20)23-14-22-12-13-32-24(22)15-25(23)33-17-19-8-10-21(11-9-19)27(30)31/h3-11,14-15,18H,12-13,16-17H2,1-2H3,(H,30,31). The molecule has 0 bridgehead atoms. The molecular formula is C27H27NO5. The molecule has 0 spiro atoms. The van der Waals surface area contributed by atoms with Crippen molar-refractivity contribution >= 4 is 17.6 Å². The largest absolute Gasteiger partial charge is 0.493 e. The number of hydrogen-bond donors (Lipinski definition) is 1. The van der Waals surface area contributed by atoms with Crippen molar-refractivity contribution in [2.45, 2.75) is 26.9 Å². The number of carboxylic acids is 1. The summed E-state index contributed by atoms with van der Waals surface area (Å²) in [5.41, 5.74) is 3.44. The summed E-state index contributed by atoms with van der Waals surface area (Å²) in [6.45, 7) is 5.53. The summed E-state index contributed by atoms with van der Waals surface area (Å²) in [5, 5.41) is 9.11. The zero-order valence-electron chi connectivity index (χ0n) is 18.8. The van der Waals surface area contributed by atoms with Crippen LogP contribution >= 0.6 is 0 Å². The first-order chi connectivity index (χ1) is 15.9. The molecule has 4 rings (SSSR count). The van der Waals surface area contributed by atoms with Gasteiger partial charge in [-0.1, -0.05) is 44.2 Å². The number of hydrogen-bond acceptors (Lipinski definition) is 4. The first-order valence-corrected chi connectivity index (χ1v) is 11.0. The van der Waals surface area contributed by atoms with E-state index in [9.17, 15) is 9.59 Å². The quantitative estimate of drug-likeness (QED) is 0.516. The van der Waals surface area contributed by atoms with Crippen molar-refractivity contribution in [2.24, 2.45) is 5.92 Å². The maximum atomic E-state index is 13.5. The van der Waals surface area contributed by atoms with E-state index in [-0.39, 0.29) is 24.0 Å². The van der Waals surface area contributed by atoms with Crippen LogP contribution in [0.1, 0.15) is 45.7 Å². The third-order valence-corrected chi connectivity index (χ3v) is 5.47. The van der Waals surface area contributed by atoms with Crippen LogP contribution in [-0.4, -0.2) is 30.1 Å². The monoisotopic (exact) mass is 445 g/mol. The third-order valence-electron chi connectivity index (χ3n) is 5.47. The number of carboxylic acid groups (broad SMARTS) is 1. The van der Waals surface area contributed by atoms with Crippen LogP contribution in [-0.2, 0) is 13.0 Å². The predicted molar refractivity (Wildman–Crippen MR) is 126 cm³/mol. The number of carbonyl (C=O) groups is 2. The second-order valence-corrected chi connectivity index (χ2v) is 8.49. The lowest BCUT2D eigenvalue weighted by Crippen LogP contribution is -2.34. The van der Waals surface area contributed by atoms with Crippen LogP contribution in [0.5, 0.6) is 11.5 Å². The Bertz CT molecular complexity index is 1140. The topological polar surface area (TPSA) is 76.1 Å². The maximum absolute atomic E-state index is 13.5. The highest BCUT2D eigenvalue weighted by molar-refractivity contribution is 6.07. The molecule has 0 saturated carbocycles. The molecule has 3 aromatic carbocycles. The summed E-state index contributed by atoms with van der Waals surface area (Å²) < 4.78 is 11.9. The summed E-state index contributed by atoms with van der Waals surface area (Å²) in [7, 11) is 0. The van der Waals surface area contributed by atoms with Crippen LogP contribution in [0.3, 0.4) is 0 Å². The zero-order chi connectivity index (χ0) is 23.4. The Labute approximate surface area is 193 Å². The van der Waals surface area contributed by atoms with Crippen LogP contribution in [0.2, 0.25) is 0 Å². The van der Waals surface area contributed by atoms with E-state index in [1.807, 2.05) is 42.5 Å². The average Bonchev–Trinajstić information content (AvgIpc) is 3.28. The average molecular weight is 446 g/mol. The number of benzene rings is 3. The van der Waals surface area contributed by atoms with Crippen molar-refractivity contribution in [3.8, 4) is 11.5 Å². The van der Waals surface area contributed by atoms with Gasteiger partial charge in [0.25, 0.3) is 5.91 Å². The van der Waals surface area contributed by atoms with Gasteiger partial charge in [-0.15, -0.1) is 0 Å². The minimum Gasteiger partial charge on any atom is -0.493 e. The maximum Gasteiger partial charge on any atom is 0.335 e. The fourth-order valence-corrected chi connectivity index (χ4v) is 3.82. The van der Waals surface area contributed by atoms with Crippen molar-refractivity contribution in [1.82, 2.24) is 0 Å². The van der Waals surface area contributed by atoms with Crippen LogP contribution in [0.25, 0.3) is 0 Å². The predicted octanol–water partition coefficient (Wildman–Crippen LogP) is 5.20. The first kappa shape index (κ1) is 22.4. The van der Waals surface area contributed by atoms with Gasteiger partial charge >= 0.3 is 5.97 Å². The lowest BCUT2D eigenvalue weighted by molar-refractivity contribution is 0.0696. The van der Waals surface area contributed by atoms with Gasteiger partial charge in [0.2, 0.25) is 0 Å². The van der Waals surface area contributed by atoms with Crippen molar-refractivity contribution in [3.05, 3.63) is 89.0 Å². The minimum absolute atomic E-state index is 0.0844. The number of nitrogens with zero attached hydrogens (tertiary/aromatic N) is 1. The third kappa shape index (κ3) is 5.17. The second kappa shape index (κ2) is 9.77. The molecule has 1 aliphatic rings. The number of ether oxygens (including phenoxy) is 2. The molecule has 1 aliphatic heterocycles. The SMILES string of the molecule is CC(C)CN(C(=O)c1ccccc1)c1cc2c(cc1OCc1ccc(C(=O)O)cc1)OCC2. The van der Waals surface area contributed by atoms with Gasteiger partial charge in [0.1, 0.15) is 18.1 Å². The molecular weight excluding hydrogens is 418 g/mol. The molecule has 0 atom stereocenters. The molecule has 0 unspecified atom stereocenters. The van der Waals surface area contributed by atoms with Gasteiger partial charge in [-0.2, -0.15) is 0 Å². The van der Waals surface area contributed by atoms with Crippen molar-refractivity contribution < 1.29 is 24.2 Å². The molecule has 33 heavy (non-hydrogen) atoms. The number of anilines is 1. The first-order valence-electron chi connectivity index (χ1n) is 11.0. The molecule has 0 radical (unpaired) electrons. The van der Waals surface area contributed by atoms with E-state index in [1.165, 1.54) is 0 Å². The summed E-state index contributed by atoms with van der Waals surface area (Å²) in [5.74, 6) is 0.524. The van der Waals surface area contributed by atoms with E-state index in [4.69, 9.17) is 14.6 Å². The molecule has 0 fully saturated rings. The Morgan fingerprint density at radius 2 is 1.76 bits per heavy atom. The normalized spacial score (nSPS) is 12.2. The number of aromatic carboxylic acids is 1. The van der Waals surface area contributed by atoms with E-state index in [0.29, 0.717) is 30.2 Å². The van der Waals surface area contributed by atoms with Crippen LogP contribution in [0.15, 0.2) is 66.7 Å².